The normalized spacial score (nSPS) is 15.0. The topological polar surface area (TPSA) is 78.6 Å². The van der Waals surface area contributed by atoms with Gasteiger partial charge in [0, 0.05) is 11.9 Å². The maximum Gasteiger partial charge on any atom is 0.387 e. The highest BCUT2D eigenvalue weighted by molar-refractivity contribution is 7.21. The lowest BCUT2D eigenvalue weighted by Crippen LogP contribution is -2.46. The van der Waals surface area contributed by atoms with E-state index in [1.165, 1.54) is 18.4 Å². The molecule has 2 amide bonds. The van der Waals surface area contributed by atoms with Crippen LogP contribution in [0.15, 0.2) is 24.5 Å². The molecule has 0 N–H and O–H groups in total. The van der Waals surface area contributed by atoms with Gasteiger partial charge in [-0.25, -0.2) is 14.6 Å². The summed E-state index contributed by atoms with van der Waals surface area (Å²) < 4.78 is 6.77. The molecule has 2 aliphatic heterocycles. The lowest BCUT2D eigenvalue weighted by atomic mass is 10.0. The highest BCUT2D eigenvalue weighted by atomic mass is 32.1. The Balaban J connectivity index is 1.73. The van der Waals surface area contributed by atoms with Gasteiger partial charge >= 0.3 is 12.0 Å². The first kappa shape index (κ1) is 19.6. The standard InChI is InChI=1S/C22H22N5O3S/c1-12(2)9-14-10-13(3)16(11-24-14)26-15-5-6-23-20-17(15)18(19(31-20)21(28)30-4)27(22(26)29)25-7-8-25/h5-7,10-12H,8-9H2,1-4H3/q+1. The Morgan fingerprint density at radius 1 is 1.32 bits per heavy atom. The van der Waals surface area contributed by atoms with Gasteiger partial charge in [0.1, 0.15) is 15.4 Å². The van der Waals surface area contributed by atoms with Crippen molar-refractivity contribution < 1.29 is 19.0 Å². The van der Waals surface area contributed by atoms with Crippen molar-refractivity contribution in [2.45, 2.75) is 27.2 Å². The second kappa shape index (κ2) is 7.12. The van der Waals surface area contributed by atoms with Crippen LogP contribution in [0.3, 0.4) is 0 Å². The number of hydrazine groups is 1. The Hall–Kier alpha value is -3.33. The number of amides is 2. The van der Waals surface area contributed by atoms with Crippen LogP contribution in [0.1, 0.15) is 34.8 Å². The van der Waals surface area contributed by atoms with Crippen molar-refractivity contribution in [2.75, 3.05) is 23.6 Å². The minimum atomic E-state index is -0.479. The minimum Gasteiger partial charge on any atom is -0.465 e. The molecule has 3 aromatic heterocycles. The van der Waals surface area contributed by atoms with Crippen molar-refractivity contribution in [2.24, 2.45) is 5.92 Å². The number of anilines is 3. The summed E-state index contributed by atoms with van der Waals surface area (Å²) in [6.45, 7) is 6.92. The molecule has 0 bridgehead atoms. The average Bonchev–Trinajstić information content (AvgIpc) is 3.49. The summed E-state index contributed by atoms with van der Waals surface area (Å²) in [5.41, 5.74) is 3.91. The minimum absolute atomic E-state index is 0.265. The summed E-state index contributed by atoms with van der Waals surface area (Å²) in [6, 6.07) is 3.58. The van der Waals surface area contributed by atoms with Crippen LogP contribution in [0.5, 0.6) is 0 Å². The molecule has 0 radical (unpaired) electrons. The zero-order valence-corrected chi connectivity index (χ0v) is 18.6. The van der Waals surface area contributed by atoms with Gasteiger partial charge in [-0.2, -0.15) is 0 Å². The van der Waals surface area contributed by atoms with Gasteiger partial charge in [-0.1, -0.05) is 23.5 Å². The van der Waals surface area contributed by atoms with E-state index in [9.17, 15) is 9.59 Å². The number of thiophene rings is 1. The van der Waals surface area contributed by atoms with Crippen LogP contribution in [0.25, 0.3) is 10.2 Å². The summed E-state index contributed by atoms with van der Waals surface area (Å²) in [6.07, 6.45) is 6.19. The highest BCUT2D eigenvalue weighted by Gasteiger charge is 2.47. The molecule has 0 saturated carbocycles. The number of carbonyl (C=O) groups excluding carboxylic acids is 2. The monoisotopic (exact) mass is 436 g/mol. The van der Waals surface area contributed by atoms with E-state index < -0.39 is 5.97 Å². The summed E-state index contributed by atoms with van der Waals surface area (Å²) in [5.74, 6) is 0.0147. The van der Waals surface area contributed by atoms with Crippen LogP contribution in [0, 0.1) is 12.8 Å². The Bertz CT molecular complexity index is 1280. The number of rotatable bonds is 5. The van der Waals surface area contributed by atoms with E-state index in [-0.39, 0.29) is 6.03 Å². The molecule has 0 aromatic carbocycles. The van der Waals surface area contributed by atoms with Crippen LogP contribution in [0.2, 0.25) is 0 Å². The first-order valence-electron chi connectivity index (χ1n) is 10.1. The van der Waals surface area contributed by atoms with Crippen molar-refractivity contribution in [3.63, 3.8) is 0 Å². The van der Waals surface area contributed by atoms with E-state index in [4.69, 9.17) is 4.74 Å². The number of carbonyl (C=O) groups is 2. The van der Waals surface area contributed by atoms with Gasteiger partial charge in [0.2, 0.25) is 6.21 Å². The molecule has 3 aromatic rings. The number of aryl methyl sites for hydroxylation is 1. The molecule has 2 aliphatic rings. The Labute approximate surface area is 183 Å². The van der Waals surface area contributed by atoms with Crippen LogP contribution >= 0.6 is 11.3 Å². The number of methoxy groups -OCH3 is 1. The predicted octanol–water partition coefficient (Wildman–Crippen LogP) is 4.07. The second-order valence-electron chi connectivity index (χ2n) is 8.08. The number of hydrogen-bond donors (Lipinski definition) is 0. The Morgan fingerprint density at radius 3 is 2.74 bits per heavy atom. The van der Waals surface area contributed by atoms with Gasteiger partial charge in [0.15, 0.2) is 0 Å². The molecule has 0 atom stereocenters. The number of ether oxygens (including phenoxy) is 1. The largest absolute Gasteiger partial charge is 0.465 e. The molecule has 9 heteroatoms. The molecule has 5 rings (SSSR count). The van der Waals surface area contributed by atoms with E-state index in [1.54, 1.807) is 27.0 Å². The fourth-order valence-electron chi connectivity index (χ4n) is 3.95. The van der Waals surface area contributed by atoms with Gasteiger partial charge in [-0.15, -0.1) is 11.3 Å². The van der Waals surface area contributed by atoms with E-state index in [2.05, 4.69) is 23.8 Å². The molecule has 158 valence electrons. The number of pyridine rings is 2. The molecule has 0 saturated heterocycles. The van der Waals surface area contributed by atoms with Gasteiger partial charge in [-0.3, -0.25) is 9.88 Å². The van der Waals surface area contributed by atoms with Crippen molar-refractivity contribution in [3.8, 4) is 0 Å². The lowest BCUT2D eigenvalue weighted by molar-refractivity contribution is -0.440. The maximum atomic E-state index is 13.8. The third-order valence-electron chi connectivity index (χ3n) is 5.34. The first-order valence-corrected chi connectivity index (χ1v) is 10.9. The maximum absolute atomic E-state index is 13.8. The summed E-state index contributed by atoms with van der Waals surface area (Å²) in [5, 5.41) is 2.31. The van der Waals surface area contributed by atoms with E-state index in [0.29, 0.717) is 39.2 Å². The highest BCUT2D eigenvalue weighted by Crippen LogP contribution is 2.49. The summed E-state index contributed by atoms with van der Waals surface area (Å²) in [4.78, 5) is 38.1. The fraction of sp³-hybridized carbons (Fsp3) is 0.318. The molecule has 0 unspecified atom stereocenters. The van der Waals surface area contributed by atoms with Crippen LogP contribution in [-0.2, 0) is 11.2 Å². The number of hydrogen-bond acceptors (Lipinski definition) is 6. The van der Waals surface area contributed by atoms with E-state index in [1.807, 2.05) is 25.3 Å². The van der Waals surface area contributed by atoms with Crippen LogP contribution < -0.4 is 9.91 Å². The Kier molecular flexibility index (Phi) is 4.51. The average molecular weight is 437 g/mol. The molecule has 0 fully saturated rings. The third-order valence-corrected chi connectivity index (χ3v) is 6.41. The van der Waals surface area contributed by atoms with Crippen molar-refractivity contribution in [1.82, 2.24) is 9.97 Å². The van der Waals surface area contributed by atoms with Crippen molar-refractivity contribution in [3.05, 3.63) is 40.7 Å². The van der Waals surface area contributed by atoms with E-state index >= 15 is 0 Å². The molecule has 5 heterocycles. The van der Waals surface area contributed by atoms with Gasteiger partial charge in [0.25, 0.3) is 6.54 Å². The molecule has 0 aliphatic carbocycles. The van der Waals surface area contributed by atoms with Crippen molar-refractivity contribution in [1.29, 1.82) is 0 Å². The smallest absolute Gasteiger partial charge is 0.387 e. The molecule has 31 heavy (non-hydrogen) atoms. The lowest BCUT2D eigenvalue weighted by Gasteiger charge is -2.31. The predicted molar refractivity (Wildman–Crippen MR) is 120 cm³/mol. The number of aromatic nitrogens is 2. The first-order chi connectivity index (χ1) is 14.9. The van der Waals surface area contributed by atoms with Gasteiger partial charge in [-0.05, 0) is 37.0 Å². The van der Waals surface area contributed by atoms with Gasteiger partial charge < -0.3 is 4.74 Å². The zero-order chi connectivity index (χ0) is 21.9. The number of esters is 1. The number of hydrazone groups is 1. The molecule has 8 nitrogen and oxygen atoms in total. The summed E-state index contributed by atoms with van der Waals surface area (Å²) in [7, 11) is 1.34. The Morgan fingerprint density at radius 2 is 2.10 bits per heavy atom. The fourth-order valence-corrected chi connectivity index (χ4v) is 5.01. The van der Waals surface area contributed by atoms with Gasteiger partial charge in [0.05, 0.1) is 30.1 Å². The third kappa shape index (κ3) is 3.07. The number of nitrogens with zero attached hydrogens (tertiary/aromatic N) is 5. The zero-order valence-electron chi connectivity index (χ0n) is 17.7. The SMILES string of the molecule is COC(=O)c1sc2nccc3c2c1N([N+]1=CC1)C(=O)N3c1cnc(CC(C)C)cc1C. The number of urea groups is 1. The summed E-state index contributed by atoms with van der Waals surface area (Å²) >= 11 is 1.23. The second-order valence-corrected chi connectivity index (χ2v) is 9.08. The molecular weight excluding hydrogens is 414 g/mol. The molecule has 0 spiro atoms. The quantitative estimate of drug-likeness (QED) is 0.445. The van der Waals surface area contributed by atoms with E-state index in [0.717, 1.165) is 23.1 Å². The van der Waals surface area contributed by atoms with Crippen LogP contribution in [0.4, 0.5) is 21.9 Å². The van der Waals surface area contributed by atoms with Crippen LogP contribution in [-0.4, -0.2) is 46.5 Å². The van der Waals surface area contributed by atoms with Crippen molar-refractivity contribution >= 4 is 56.8 Å². The molecular formula is C22H22N5O3S+.